The van der Waals surface area contributed by atoms with E-state index in [1.54, 1.807) is 12.1 Å². The van der Waals surface area contributed by atoms with E-state index >= 15 is 0 Å². The Kier molecular flexibility index (Phi) is 4.53. The molecule has 1 aromatic carbocycles. The summed E-state index contributed by atoms with van der Waals surface area (Å²) in [5, 5.41) is 0. The number of nitrogens with two attached hydrogens (primary N) is 1. The summed E-state index contributed by atoms with van der Waals surface area (Å²) in [6.45, 7) is 1.30. The molecule has 1 aliphatic heterocycles. The fourth-order valence-corrected chi connectivity index (χ4v) is 2.63. The van der Waals surface area contributed by atoms with Gasteiger partial charge in [-0.3, -0.25) is 0 Å². The van der Waals surface area contributed by atoms with E-state index in [2.05, 4.69) is 15.9 Å². The van der Waals surface area contributed by atoms with Crippen LogP contribution in [0.15, 0.2) is 16.6 Å². The summed E-state index contributed by atoms with van der Waals surface area (Å²) in [7, 11) is 0. The Balaban J connectivity index is 2.18. The van der Waals surface area contributed by atoms with Gasteiger partial charge < -0.3 is 15.2 Å². The summed E-state index contributed by atoms with van der Waals surface area (Å²) in [6.07, 6.45) is 1.54. The van der Waals surface area contributed by atoms with E-state index in [-0.39, 0.29) is 21.3 Å². The van der Waals surface area contributed by atoms with E-state index < -0.39 is 5.82 Å². The minimum atomic E-state index is -0.466. The predicted octanol–water partition coefficient (Wildman–Crippen LogP) is 2.78. The van der Waals surface area contributed by atoms with Crippen molar-refractivity contribution in [2.75, 3.05) is 13.2 Å². The second-order valence-corrected chi connectivity index (χ2v) is 5.27. The minimum absolute atomic E-state index is 0.00386. The number of thiocarbonyl (C=S) groups is 1. The highest BCUT2D eigenvalue weighted by molar-refractivity contribution is 9.10. The summed E-state index contributed by atoms with van der Waals surface area (Å²) in [4.78, 5) is 0.151. The Labute approximate surface area is 119 Å². The Bertz CT molecular complexity index is 464. The zero-order valence-electron chi connectivity index (χ0n) is 9.62. The van der Waals surface area contributed by atoms with Crippen LogP contribution in [0.5, 0.6) is 5.75 Å². The Hall–Kier alpha value is -0.720. The quantitative estimate of drug-likeness (QED) is 0.864. The van der Waals surface area contributed by atoms with E-state index in [4.69, 9.17) is 27.4 Å². The highest BCUT2D eigenvalue weighted by Gasteiger charge is 2.19. The first-order chi connectivity index (χ1) is 8.59. The summed E-state index contributed by atoms with van der Waals surface area (Å²) in [6, 6.07) is 3.22. The van der Waals surface area contributed by atoms with Crippen molar-refractivity contribution in [2.24, 2.45) is 5.73 Å². The number of ether oxygens (including phenoxy) is 2. The van der Waals surface area contributed by atoms with Crippen LogP contribution in [0.2, 0.25) is 0 Å². The lowest BCUT2D eigenvalue weighted by atomic mass is 10.1. The van der Waals surface area contributed by atoms with Gasteiger partial charge in [-0.1, -0.05) is 12.2 Å². The molecule has 0 saturated carbocycles. The molecule has 0 bridgehead atoms. The van der Waals surface area contributed by atoms with Crippen LogP contribution in [0.3, 0.4) is 0 Å². The highest BCUT2D eigenvalue weighted by atomic mass is 79.9. The first-order valence-electron chi connectivity index (χ1n) is 5.62. The molecule has 0 radical (unpaired) electrons. The lowest BCUT2D eigenvalue weighted by molar-refractivity contribution is 0.0240. The van der Waals surface area contributed by atoms with Crippen LogP contribution in [0.25, 0.3) is 0 Å². The number of halogens is 2. The van der Waals surface area contributed by atoms with Crippen LogP contribution in [-0.4, -0.2) is 24.3 Å². The standard InChI is InChI=1S/C12H13BrFNO2S/c13-10-8(12(15)18)1-2-9(11(10)14)17-7-3-5-16-6-4-7/h1-2,7H,3-6H2,(H2,15,18). The number of rotatable bonds is 3. The van der Waals surface area contributed by atoms with E-state index in [9.17, 15) is 4.39 Å². The molecule has 1 heterocycles. The van der Waals surface area contributed by atoms with Crippen LogP contribution < -0.4 is 10.5 Å². The lowest BCUT2D eigenvalue weighted by Crippen LogP contribution is -2.26. The molecule has 0 aromatic heterocycles. The molecule has 0 atom stereocenters. The smallest absolute Gasteiger partial charge is 0.179 e. The Morgan fingerprint density at radius 3 is 2.72 bits per heavy atom. The van der Waals surface area contributed by atoms with Gasteiger partial charge in [-0.15, -0.1) is 0 Å². The molecule has 1 fully saturated rings. The lowest BCUT2D eigenvalue weighted by Gasteiger charge is -2.23. The van der Waals surface area contributed by atoms with Gasteiger partial charge in [-0.05, 0) is 28.1 Å². The summed E-state index contributed by atoms with van der Waals surface area (Å²) in [5.74, 6) is -0.249. The molecule has 2 N–H and O–H groups in total. The molecule has 1 aromatic rings. The van der Waals surface area contributed by atoms with E-state index in [0.717, 1.165) is 12.8 Å². The van der Waals surface area contributed by atoms with Gasteiger partial charge in [0, 0.05) is 18.4 Å². The molecule has 6 heteroatoms. The van der Waals surface area contributed by atoms with Crippen molar-refractivity contribution in [3.8, 4) is 5.75 Å². The van der Waals surface area contributed by atoms with Gasteiger partial charge in [0.25, 0.3) is 0 Å². The SMILES string of the molecule is NC(=S)c1ccc(OC2CCOCC2)c(F)c1Br. The van der Waals surface area contributed by atoms with Gasteiger partial charge >= 0.3 is 0 Å². The minimum Gasteiger partial charge on any atom is -0.487 e. The van der Waals surface area contributed by atoms with Gasteiger partial charge in [-0.25, -0.2) is 4.39 Å². The van der Waals surface area contributed by atoms with Gasteiger partial charge in [0.1, 0.15) is 11.1 Å². The first-order valence-corrected chi connectivity index (χ1v) is 6.82. The second kappa shape index (κ2) is 5.95. The number of hydrogen-bond donors (Lipinski definition) is 1. The van der Waals surface area contributed by atoms with Crippen LogP contribution in [0.4, 0.5) is 4.39 Å². The average molecular weight is 334 g/mol. The Morgan fingerprint density at radius 1 is 1.44 bits per heavy atom. The number of benzene rings is 1. The number of hydrogen-bond acceptors (Lipinski definition) is 3. The van der Waals surface area contributed by atoms with Crippen LogP contribution >= 0.6 is 28.1 Å². The topological polar surface area (TPSA) is 44.5 Å². The van der Waals surface area contributed by atoms with Crippen LogP contribution in [-0.2, 0) is 4.74 Å². The van der Waals surface area contributed by atoms with Crippen LogP contribution in [0.1, 0.15) is 18.4 Å². The van der Waals surface area contributed by atoms with E-state index in [0.29, 0.717) is 18.8 Å². The average Bonchev–Trinajstić information content (AvgIpc) is 2.36. The second-order valence-electron chi connectivity index (χ2n) is 4.03. The maximum absolute atomic E-state index is 14.1. The molecule has 0 unspecified atom stereocenters. The van der Waals surface area contributed by atoms with E-state index in [1.165, 1.54) is 0 Å². The fraction of sp³-hybridized carbons (Fsp3) is 0.417. The van der Waals surface area contributed by atoms with Crippen molar-refractivity contribution in [1.82, 2.24) is 0 Å². The summed E-state index contributed by atoms with van der Waals surface area (Å²) < 4.78 is 25.2. The van der Waals surface area contributed by atoms with Gasteiger partial charge in [0.2, 0.25) is 0 Å². The molecule has 18 heavy (non-hydrogen) atoms. The third kappa shape index (κ3) is 2.99. The molecular formula is C12H13BrFNO2S. The fourth-order valence-electron chi connectivity index (χ4n) is 1.79. The predicted molar refractivity (Wildman–Crippen MR) is 74.5 cm³/mol. The van der Waals surface area contributed by atoms with Crippen molar-refractivity contribution in [2.45, 2.75) is 18.9 Å². The summed E-state index contributed by atoms with van der Waals surface area (Å²) >= 11 is 7.99. The molecular weight excluding hydrogens is 321 g/mol. The zero-order valence-corrected chi connectivity index (χ0v) is 12.0. The van der Waals surface area contributed by atoms with E-state index in [1.807, 2.05) is 0 Å². The molecule has 1 aliphatic rings. The monoisotopic (exact) mass is 333 g/mol. The molecule has 2 rings (SSSR count). The molecule has 0 spiro atoms. The van der Waals surface area contributed by atoms with Gasteiger partial charge in [0.15, 0.2) is 11.6 Å². The Morgan fingerprint density at radius 2 is 2.11 bits per heavy atom. The normalized spacial score (nSPS) is 16.6. The third-order valence-electron chi connectivity index (χ3n) is 2.77. The van der Waals surface area contributed by atoms with Gasteiger partial charge in [-0.2, -0.15) is 0 Å². The molecule has 0 amide bonds. The zero-order chi connectivity index (χ0) is 13.1. The third-order valence-corrected chi connectivity index (χ3v) is 3.77. The molecule has 0 aliphatic carbocycles. The molecule has 3 nitrogen and oxygen atoms in total. The van der Waals surface area contributed by atoms with Gasteiger partial charge in [0.05, 0.1) is 17.7 Å². The van der Waals surface area contributed by atoms with Crippen molar-refractivity contribution < 1.29 is 13.9 Å². The van der Waals surface area contributed by atoms with Crippen molar-refractivity contribution in [3.63, 3.8) is 0 Å². The first kappa shape index (κ1) is 13.7. The van der Waals surface area contributed by atoms with Crippen molar-refractivity contribution in [3.05, 3.63) is 28.0 Å². The van der Waals surface area contributed by atoms with Crippen LogP contribution in [0, 0.1) is 5.82 Å². The van der Waals surface area contributed by atoms with Crippen molar-refractivity contribution >= 4 is 33.1 Å². The maximum Gasteiger partial charge on any atom is 0.179 e. The van der Waals surface area contributed by atoms with Crippen molar-refractivity contribution in [1.29, 1.82) is 0 Å². The molecule has 98 valence electrons. The largest absolute Gasteiger partial charge is 0.487 e. The maximum atomic E-state index is 14.1. The summed E-state index contributed by atoms with van der Waals surface area (Å²) in [5.41, 5.74) is 5.97. The highest BCUT2D eigenvalue weighted by Crippen LogP contribution is 2.30. The molecule has 1 saturated heterocycles.